The van der Waals surface area contributed by atoms with E-state index in [1.807, 2.05) is 0 Å². The summed E-state index contributed by atoms with van der Waals surface area (Å²) in [5.41, 5.74) is 0.213. The number of unbranched alkanes of at least 4 members (excludes halogenated alkanes) is 2. The highest BCUT2D eigenvalue weighted by Crippen LogP contribution is 2.28. The Morgan fingerprint density at radius 2 is 1.95 bits per heavy atom. The monoisotopic (exact) mass is 282 g/mol. The van der Waals surface area contributed by atoms with Crippen LogP contribution in [0.15, 0.2) is 0 Å². The minimum absolute atomic E-state index is 0.0152. The Labute approximate surface area is 125 Å². The lowest BCUT2D eigenvalue weighted by Gasteiger charge is -2.32. The van der Waals surface area contributed by atoms with Crippen molar-refractivity contribution < 1.29 is 4.79 Å². The number of hydrogen-bond acceptors (Lipinski definition) is 2. The molecule has 3 atom stereocenters. The molecule has 1 aliphatic rings. The van der Waals surface area contributed by atoms with Gasteiger partial charge in [-0.1, -0.05) is 60.3 Å². The van der Waals surface area contributed by atoms with E-state index in [1.165, 1.54) is 25.7 Å². The molecule has 3 heteroatoms. The molecule has 1 N–H and O–H groups in total. The molecule has 3 unspecified atom stereocenters. The fourth-order valence-electron chi connectivity index (χ4n) is 3.04. The Morgan fingerprint density at radius 1 is 1.30 bits per heavy atom. The van der Waals surface area contributed by atoms with Crippen LogP contribution >= 0.6 is 0 Å². The Balaban J connectivity index is 2.60. The standard InChI is InChI=1S/C17H34N2O/c1-7-9-10-11-17(5,6)12-19-14(4)18-15(16(19)20)13(3)8-2/h13-15,18H,7-12H2,1-6H3. The molecule has 1 aliphatic heterocycles. The van der Waals surface area contributed by atoms with E-state index in [-0.39, 0.29) is 17.6 Å². The van der Waals surface area contributed by atoms with Crippen molar-refractivity contribution >= 4 is 5.91 Å². The molecule has 0 aromatic rings. The van der Waals surface area contributed by atoms with E-state index in [4.69, 9.17) is 0 Å². The van der Waals surface area contributed by atoms with Crippen molar-refractivity contribution in [3.8, 4) is 0 Å². The lowest BCUT2D eigenvalue weighted by molar-refractivity contribution is -0.132. The molecule has 1 amide bonds. The maximum Gasteiger partial charge on any atom is 0.241 e. The second-order valence-corrected chi connectivity index (χ2v) is 7.29. The van der Waals surface area contributed by atoms with Gasteiger partial charge in [-0.3, -0.25) is 10.1 Å². The number of carbonyl (C=O) groups is 1. The van der Waals surface area contributed by atoms with Gasteiger partial charge < -0.3 is 4.90 Å². The summed E-state index contributed by atoms with van der Waals surface area (Å²) < 4.78 is 0. The van der Waals surface area contributed by atoms with Gasteiger partial charge >= 0.3 is 0 Å². The highest BCUT2D eigenvalue weighted by Gasteiger charge is 2.40. The van der Waals surface area contributed by atoms with E-state index in [0.717, 1.165) is 13.0 Å². The normalized spacial score (nSPS) is 25.3. The van der Waals surface area contributed by atoms with Gasteiger partial charge in [0.25, 0.3) is 0 Å². The molecule has 118 valence electrons. The first-order valence-corrected chi connectivity index (χ1v) is 8.39. The largest absolute Gasteiger partial charge is 0.326 e. The Kier molecular flexibility index (Phi) is 6.50. The fourth-order valence-corrected chi connectivity index (χ4v) is 3.04. The number of carbonyl (C=O) groups excluding carboxylic acids is 1. The Bertz CT molecular complexity index is 314. The average molecular weight is 282 g/mol. The number of nitrogens with zero attached hydrogens (tertiary/aromatic N) is 1. The van der Waals surface area contributed by atoms with Crippen molar-refractivity contribution in [1.82, 2.24) is 10.2 Å². The van der Waals surface area contributed by atoms with E-state index < -0.39 is 0 Å². The minimum Gasteiger partial charge on any atom is -0.326 e. The fraction of sp³-hybridized carbons (Fsp3) is 0.941. The molecule has 1 saturated heterocycles. The third-order valence-corrected chi connectivity index (χ3v) is 4.71. The van der Waals surface area contributed by atoms with Crippen LogP contribution in [0.2, 0.25) is 0 Å². The molecule has 0 aliphatic carbocycles. The number of amides is 1. The lowest BCUT2D eigenvalue weighted by Crippen LogP contribution is -2.41. The molecule has 20 heavy (non-hydrogen) atoms. The molecule has 0 radical (unpaired) electrons. The van der Waals surface area contributed by atoms with E-state index in [2.05, 4.69) is 51.8 Å². The summed E-state index contributed by atoms with van der Waals surface area (Å²) in [6.07, 6.45) is 6.23. The van der Waals surface area contributed by atoms with Crippen LogP contribution in [0.4, 0.5) is 0 Å². The van der Waals surface area contributed by atoms with Gasteiger partial charge in [-0.2, -0.15) is 0 Å². The van der Waals surface area contributed by atoms with Gasteiger partial charge in [0.1, 0.15) is 0 Å². The average Bonchev–Trinajstić information content (AvgIpc) is 2.65. The van der Waals surface area contributed by atoms with Gasteiger partial charge in [-0.25, -0.2) is 0 Å². The van der Waals surface area contributed by atoms with Gasteiger partial charge in [0, 0.05) is 6.54 Å². The van der Waals surface area contributed by atoms with Crippen molar-refractivity contribution in [2.24, 2.45) is 11.3 Å². The maximum atomic E-state index is 12.6. The molecule has 0 bridgehead atoms. The van der Waals surface area contributed by atoms with Crippen molar-refractivity contribution in [2.75, 3.05) is 6.54 Å². The summed E-state index contributed by atoms with van der Waals surface area (Å²) in [7, 11) is 0. The first-order chi connectivity index (χ1) is 9.32. The molecule has 0 aromatic heterocycles. The first-order valence-electron chi connectivity index (χ1n) is 8.39. The van der Waals surface area contributed by atoms with Gasteiger partial charge in [-0.05, 0) is 24.7 Å². The van der Waals surface area contributed by atoms with Crippen molar-refractivity contribution in [3.63, 3.8) is 0 Å². The number of nitrogens with one attached hydrogen (secondary N) is 1. The summed E-state index contributed by atoms with van der Waals surface area (Å²) in [6, 6.07) is 0.0152. The van der Waals surface area contributed by atoms with Crippen molar-refractivity contribution in [2.45, 2.75) is 85.9 Å². The van der Waals surface area contributed by atoms with Crippen LogP contribution in [0.3, 0.4) is 0 Å². The SMILES string of the molecule is CCCCCC(C)(C)CN1C(=O)C(C(C)CC)NC1C. The molecule has 3 nitrogen and oxygen atoms in total. The summed E-state index contributed by atoms with van der Waals surface area (Å²) >= 11 is 0. The summed E-state index contributed by atoms with van der Waals surface area (Å²) in [5, 5.41) is 3.47. The highest BCUT2D eigenvalue weighted by atomic mass is 16.2. The third kappa shape index (κ3) is 4.47. The van der Waals surface area contributed by atoms with Crippen LogP contribution in [0.5, 0.6) is 0 Å². The Morgan fingerprint density at radius 3 is 2.50 bits per heavy atom. The van der Waals surface area contributed by atoms with Crippen LogP contribution in [-0.2, 0) is 4.79 Å². The summed E-state index contributed by atoms with van der Waals surface area (Å²) in [4.78, 5) is 14.6. The van der Waals surface area contributed by atoms with Gasteiger partial charge in [0.2, 0.25) is 5.91 Å². The van der Waals surface area contributed by atoms with E-state index in [1.54, 1.807) is 0 Å². The van der Waals surface area contributed by atoms with E-state index >= 15 is 0 Å². The second kappa shape index (κ2) is 7.44. The third-order valence-electron chi connectivity index (χ3n) is 4.71. The molecular formula is C17H34N2O. The van der Waals surface area contributed by atoms with Crippen LogP contribution in [-0.4, -0.2) is 29.6 Å². The topological polar surface area (TPSA) is 32.3 Å². The molecule has 1 rings (SSSR count). The number of rotatable bonds is 8. The predicted molar refractivity (Wildman–Crippen MR) is 85.5 cm³/mol. The first kappa shape index (κ1) is 17.5. The van der Waals surface area contributed by atoms with Crippen LogP contribution < -0.4 is 5.32 Å². The lowest BCUT2D eigenvalue weighted by atomic mass is 9.86. The van der Waals surface area contributed by atoms with Crippen molar-refractivity contribution in [3.05, 3.63) is 0 Å². The number of hydrogen-bond donors (Lipinski definition) is 1. The molecule has 0 saturated carbocycles. The zero-order chi connectivity index (χ0) is 15.3. The molecular weight excluding hydrogens is 248 g/mol. The van der Waals surface area contributed by atoms with Crippen LogP contribution in [0.25, 0.3) is 0 Å². The quantitative estimate of drug-likeness (QED) is 0.687. The van der Waals surface area contributed by atoms with Gasteiger partial charge in [0.15, 0.2) is 0 Å². The van der Waals surface area contributed by atoms with Crippen LogP contribution in [0, 0.1) is 11.3 Å². The summed E-state index contributed by atoms with van der Waals surface area (Å²) in [6.45, 7) is 14.1. The molecule has 0 aromatic carbocycles. The summed E-state index contributed by atoms with van der Waals surface area (Å²) in [5.74, 6) is 0.716. The second-order valence-electron chi connectivity index (χ2n) is 7.29. The van der Waals surface area contributed by atoms with Gasteiger partial charge in [0.05, 0.1) is 12.2 Å². The van der Waals surface area contributed by atoms with Crippen molar-refractivity contribution in [1.29, 1.82) is 0 Å². The Hall–Kier alpha value is -0.570. The highest BCUT2D eigenvalue weighted by molar-refractivity contribution is 5.84. The zero-order valence-electron chi connectivity index (χ0n) is 14.3. The molecule has 1 heterocycles. The molecule has 1 fully saturated rings. The molecule has 0 spiro atoms. The van der Waals surface area contributed by atoms with E-state index in [9.17, 15) is 4.79 Å². The van der Waals surface area contributed by atoms with Gasteiger partial charge in [-0.15, -0.1) is 0 Å². The van der Waals surface area contributed by atoms with Crippen LogP contribution in [0.1, 0.15) is 73.6 Å². The van der Waals surface area contributed by atoms with E-state index in [0.29, 0.717) is 11.8 Å². The predicted octanol–water partition coefficient (Wildman–Crippen LogP) is 3.79. The minimum atomic E-state index is 0.0152. The maximum absolute atomic E-state index is 12.6. The zero-order valence-corrected chi connectivity index (χ0v) is 14.3. The smallest absolute Gasteiger partial charge is 0.241 e.